The van der Waals surface area contributed by atoms with Crippen LogP contribution >= 0.6 is 0 Å². The molecule has 8 aromatic carbocycles. The van der Waals surface area contributed by atoms with E-state index in [1.54, 1.807) is 0 Å². The zero-order valence-corrected chi connectivity index (χ0v) is 27.5. The SMILES string of the molecule is c1ccc(-c2cccc3c4cccc5c4n(c4cccc6c7c(-c8cccc(-c9cccc%10oc%11ccccc%11c9%10)c8)cccc7n5c64)c23)cc1. The highest BCUT2D eigenvalue weighted by molar-refractivity contribution is 6.25. The Kier molecular flexibility index (Phi) is 5.23. The minimum Gasteiger partial charge on any atom is -0.456 e. The van der Waals surface area contributed by atoms with E-state index < -0.39 is 0 Å². The lowest BCUT2D eigenvalue weighted by atomic mass is 9.94. The molecule has 0 atom stereocenters. The van der Waals surface area contributed by atoms with Gasteiger partial charge in [0.25, 0.3) is 0 Å². The summed E-state index contributed by atoms with van der Waals surface area (Å²) < 4.78 is 11.3. The van der Waals surface area contributed by atoms with Gasteiger partial charge in [-0.2, -0.15) is 0 Å². The molecule has 0 aliphatic rings. The molecule has 0 fully saturated rings. The molecule has 0 amide bonds. The van der Waals surface area contributed by atoms with Gasteiger partial charge in [0.05, 0.1) is 33.1 Å². The molecule has 3 nitrogen and oxygen atoms in total. The maximum atomic E-state index is 6.27. The van der Waals surface area contributed by atoms with E-state index in [0.29, 0.717) is 0 Å². The summed E-state index contributed by atoms with van der Waals surface area (Å²) in [5, 5.41) is 7.38. The Morgan fingerprint density at radius 2 is 0.843 bits per heavy atom. The molecule has 0 bridgehead atoms. The van der Waals surface area contributed by atoms with Crippen LogP contribution in [-0.4, -0.2) is 8.80 Å². The minimum atomic E-state index is 0.913. The van der Waals surface area contributed by atoms with Gasteiger partial charge in [-0.3, -0.25) is 0 Å². The number of hydrogen-bond acceptors (Lipinski definition) is 1. The summed E-state index contributed by atoms with van der Waals surface area (Å²) in [6.45, 7) is 0. The fourth-order valence-electron chi connectivity index (χ4n) is 9.01. The van der Waals surface area contributed by atoms with Gasteiger partial charge in [0.15, 0.2) is 0 Å². The van der Waals surface area contributed by atoms with Crippen molar-refractivity contribution in [1.29, 1.82) is 0 Å². The van der Waals surface area contributed by atoms with E-state index in [2.05, 4.69) is 173 Å². The van der Waals surface area contributed by atoms with Crippen LogP contribution in [-0.2, 0) is 0 Å². The number of nitrogens with zero attached hydrogens (tertiary/aromatic N) is 2. The standard InChI is InChI=1S/C48H28N2O/c1-2-12-29(13-3-1)34-19-7-20-35-36-21-9-24-40-47(36)50(46(34)35)41-25-10-22-38-44-32(17-8-23-39(44)49(40)48(38)41)30-14-6-15-31(28-30)33-18-11-27-43-45(33)37-16-4-5-26-42(37)51-43/h1-28H. The lowest BCUT2D eigenvalue weighted by Gasteiger charge is -2.12. The average Bonchev–Trinajstić information content (AvgIpc) is 3.86. The van der Waals surface area contributed by atoms with Crippen LogP contribution < -0.4 is 0 Å². The predicted molar refractivity (Wildman–Crippen MR) is 213 cm³/mol. The molecule has 0 aliphatic carbocycles. The van der Waals surface area contributed by atoms with Crippen molar-refractivity contribution in [3.63, 3.8) is 0 Å². The summed E-state index contributed by atoms with van der Waals surface area (Å²) in [4.78, 5) is 0. The van der Waals surface area contributed by atoms with Gasteiger partial charge in [-0.1, -0.05) is 133 Å². The Hall–Kier alpha value is -6.84. The van der Waals surface area contributed by atoms with Crippen molar-refractivity contribution in [3.05, 3.63) is 170 Å². The van der Waals surface area contributed by atoms with Crippen molar-refractivity contribution in [1.82, 2.24) is 8.80 Å². The average molecular weight is 649 g/mol. The first-order valence-corrected chi connectivity index (χ1v) is 17.5. The molecular weight excluding hydrogens is 621 g/mol. The van der Waals surface area contributed by atoms with Crippen LogP contribution in [0.3, 0.4) is 0 Å². The van der Waals surface area contributed by atoms with Gasteiger partial charge >= 0.3 is 0 Å². The van der Waals surface area contributed by atoms with Crippen molar-refractivity contribution in [2.24, 2.45) is 0 Å². The van der Waals surface area contributed by atoms with Gasteiger partial charge in [0, 0.05) is 37.9 Å². The Morgan fingerprint density at radius 3 is 1.69 bits per heavy atom. The lowest BCUT2D eigenvalue weighted by molar-refractivity contribution is 0.669. The highest BCUT2D eigenvalue weighted by Crippen LogP contribution is 2.45. The fraction of sp³-hybridized carbons (Fsp3) is 0. The highest BCUT2D eigenvalue weighted by Gasteiger charge is 2.23. The van der Waals surface area contributed by atoms with Gasteiger partial charge in [-0.05, 0) is 64.2 Å². The predicted octanol–water partition coefficient (Wildman–Crippen LogP) is 13.1. The highest BCUT2D eigenvalue weighted by atomic mass is 16.3. The second-order valence-electron chi connectivity index (χ2n) is 13.6. The molecule has 0 unspecified atom stereocenters. The third kappa shape index (κ3) is 3.52. The number of hydrogen-bond donors (Lipinski definition) is 0. The first-order chi connectivity index (χ1) is 25.3. The van der Waals surface area contributed by atoms with E-state index in [1.165, 1.54) is 88.0 Å². The zero-order valence-electron chi connectivity index (χ0n) is 27.5. The summed E-state index contributed by atoms with van der Waals surface area (Å²) in [6, 6.07) is 61.7. The molecule has 4 aromatic heterocycles. The summed E-state index contributed by atoms with van der Waals surface area (Å²) in [6.07, 6.45) is 0. The van der Waals surface area contributed by atoms with Gasteiger partial charge < -0.3 is 13.2 Å². The maximum absolute atomic E-state index is 6.27. The first kappa shape index (κ1) is 27.0. The molecule has 0 aliphatic heterocycles. The number of benzene rings is 8. The normalized spacial score (nSPS) is 12.3. The molecule has 0 saturated carbocycles. The van der Waals surface area contributed by atoms with E-state index in [-0.39, 0.29) is 0 Å². The molecule has 0 radical (unpaired) electrons. The van der Waals surface area contributed by atoms with Crippen LogP contribution in [0.4, 0.5) is 0 Å². The van der Waals surface area contributed by atoms with E-state index >= 15 is 0 Å². The number of para-hydroxylation sites is 4. The van der Waals surface area contributed by atoms with E-state index in [0.717, 1.165) is 21.9 Å². The zero-order chi connectivity index (χ0) is 33.2. The molecule has 12 rings (SSSR count). The molecule has 0 saturated heterocycles. The van der Waals surface area contributed by atoms with E-state index in [4.69, 9.17) is 4.42 Å². The Balaban J connectivity index is 1.18. The van der Waals surface area contributed by atoms with Crippen molar-refractivity contribution in [2.75, 3.05) is 0 Å². The van der Waals surface area contributed by atoms with Gasteiger partial charge in [-0.15, -0.1) is 0 Å². The van der Waals surface area contributed by atoms with Gasteiger partial charge in [-0.25, -0.2) is 0 Å². The van der Waals surface area contributed by atoms with E-state index in [1.807, 2.05) is 6.07 Å². The molecule has 51 heavy (non-hydrogen) atoms. The van der Waals surface area contributed by atoms with Crippen LogP contribution in [0, 0.1) is 0 Å². The van der Waals surface area contributed by atoms with Crippen molar-refractivity contribution in [3.8, 4) is 33.4 Å². The molecular formula is C48H28N2O. The van der Waals surface area contributed by atoms with Gasteiger partial charge in [0.2, 0.25) is 0 Å². The smallest absolute Gasteiger partial charge is 0.136 e. The fourth-order valence-corrected chi connectivity index (χ4v) is 9.01. The van der Waals surface area contributed by atoms with Crippen molar-refractivity contribution in [2.45, 2.75) is 0 Å². The lowest BCUT2D eigenvalue weighted by Crippen LogP contribution is -1.97. The number of aromatic nitrogens is 2. The number of fused-ring (bicyclic) bond motifs is 11. The summed E-state index contributed by atoms with van der Waals surface area (Å²) in [5.74, 6) is 0. The molecule has 236 valence electrons. The summed E-state index contributed by atoms with van der Waals surface area (Å²) in [5.41, 5.74) is 16.5. The molecule has 3 heteroatoms. The second-order valence-corrected chi connectivity index (χ2v) is 13.6. The van der Waals surface area contributed by atoms with Crippen LogP contribution in [0.1, 0.15) is 0 Å². The van der Waals surface area contributed by atoms with Crippen molar-refractivity contribution >= 4 is 76.6 Å². The van der Waals surface area contributed by atoms with Crippen molar-refractivity contribution < 1.29 is 4.42 Å². The number of furan rings is 1. The summed E-state index contributed by atoms with van der Waals surface area (Å²) >= 11 is 0. The maximum Gasteiger partial charge on any atom is 0.136 e. The molecule has 4 heterocycles. The summed E-state index contributed by atoms with van der Waals surface area (Å²) in [7, 11) is 0. The van der Waals surface area contributed by atoms with E-state index in [9.17, 15) is 0 Å². The third-order valence-electron chi connectivity index (χ3n) is 11.0. The minimum absolute atomic E-state index is 0.913. The topological polar surface area (TPSA) is 22.0 Å². The molecule has 0 spiro atoms. The largest absolute Gasteiger partial charge is 0.456 e. The monoisotopic (exact) mass is 648 g/mol. The van der Waals surface area contributed by atoms with Gasteiger partial charge in [0.1, 0.15) is 11.2 Å². The van der Waals surface area contributed by atoms with Crippen LogP contribution in [0.25, 0.3) is 110 Å². The first-order valence-electron chi connectivity index (χ1n) is 17.5. The molecule has 12 aromatic rings. The molecule has 0 N–H and O–H groups in total. The number of rotatable bonds is 3. The quantitative estimate of drug-likeness (QED) is 0.175. The Morgan fingerprint density at radius 1 is 0.314 bits per heavy atom. The van der Waals surface area contributed by atoms with Crippen LogP contribution in [0.5, 0.6) is 0 Å². The Bertz CT molecular complexity index is 3360. The third-order valence-corrected chi connectivity index (χ3v) is 11.0. The Labute approximate surface area is 292 Å². The van der Waals surface area contributed by atoms with Crippen LogP contribution in [0.2, 0.25) is 0 Å². The van der Waals surface area contributed by atoms with Crippen LogP contribution in [0.15, 0.2) is 174 Å². The second kappa shape index (κ2) is 9.87.